The molecule has 8 heteroatoms. The molecule has 1 amide bonds. The summed E-state index contributed by atoms with van der Waals surface area (Å²) in [6.45, 7) is 4.37. The summed E-state index contributed by atoms with van der Waals surface area (Å²) in [5.74, 6) is -0.482. The third kappa shape index (κ3) is 4.09. The van der Waals surface area contributed by atoms with Crippen LogP contribution in [0.2, 0.25) is 0 Å². The lowest BCUT2D eigenvalue weighted by Gasteiger charge is -2.23. The lowest BCUT2D eigenvalue weighted by atomic mass is 9.95. The Hall–Kier alpha value is -4.17. The van der Waals surface area contributed by atoms with Gasteiger partial charge < -0.3 is 14.6 Å². The molecule has 4 aromatic rings. The number of aryl methyl sites for hydroxylation is 1. The van der Waals surface area contributed by atoms with Crippen molar-refractivity contribution in [1.82, 2.24) is 4.98 Å². The number of ketones is 1. The Bertz CT molecular complexity index is 1510. The van der Waals surface area contributed by atoms with Gasteiger partial charge in [0.05, 0.1) is 35.5 Å². The van der Waals surface area contributed by atoms with Gasteiger partial charge in [0.2, 0.25) is 0 Å². The van der Waals surface area contributed by atoms with E-state index in [1.54, 1.807) is 43.5 Å². The molecular weight excluding hydrogens is 476 g/mol. The van der Waals surface area contributed by atoms with Crippen LogP contribution in [0.15, 0.2) is 72.3 Å². The highest BCUT2D eigenvalue weighted by Crippen LogP contribution is 2.45. The molecule has 0 aliphatic carbocycles. The summed E-state index contributed by atoms with van der Waals surface area (Å²) in [6.07, 6.45) is 0. The molecule has 1 atom stereocenters. The van der Waals surface area contributed by atoms with Crippen LogP contribution in [0.25, 0.3) is 16.0 Å². The normalized spacial score (nSPS) is 17.1. The van der Waals surface area contributed by atoms with E-state index < -0.39 is 17.7 Å². The summed E-state index contributed by atoms with van der Waals surface area (Å²) in [5.41, 5.74) is 2.78. The molecule has 1 fully saturated rings. The van der Waals surface area contributed by atoms with Gasteiger partial charge in [0, 0.05) is 5.56 Å². The number of aromatic nitrogens is 1. The quantitative estimate of drug-likeness (QED) is 0.209. The van der Waals surface area contributed by atoms with Crippen LogP contribution in [0.1, 0.15) is 29.7 Å². The van der Waals surface area contributed by atoms with E-state index >= 15 is 0 Å². The van der Waals surface area contributed by atoms with Crippen molar-refractivity contribution in [2.45, 2.75) is 19.9 Å². The number of hydrogen-bond donors (Lipinski definition) is 1. The highest BCUT2D eigenvalue weighted by Gasteiger charge is 2.48. The molecule has 1 saturated heterocycles. The summed E-state index contributed by atoms with van der Waals surface area (Å²) < 4.78 is 11.8. The number of fused-ring (bicyclic) bond motifs is 1. The summed E-state index contributed by atoms with van der Waals surface area (Å²) in [6, 6.07) is 18.9. The van der Waals surface area contributed by atoms with Gasteiger partial charge in [0.25, 0.3) is 5.78 Å². The van der Waals surface area contributed by atoms with Crippen LogP contribution in [0.5, 0.6) is 11.5 Å². The van der Waals surface area contributed by atoms with Crippen molar-refractivity contribution >= 4 is 44.1 Å². The van der Waals surface area contributed by atoms with E-state index in [0.29, 0.717) is 39.9 Å². The zero-order valence-electron chi connectivity index (χ0n) is 20.0. The third-order valence-electron chi connectivity index (χ3n) is 6.04. The number of carbonyl (C=O) groups excluding carboxylic acids is 2. The second-order valence-corrected chi connectivity index (χ2v) is 9.38. The summed E-state index contributed by atoms with van der Waals surface area (Å²) in [7, 11) is 1.55. The Morgan fingerprint density at radius 1 is 1.06 bits per heavy atom. The molecule has 0 bridgehead atoms. The summed E-state index contributed by atoms with van der Waals surface area (Å²) >= 11 is 1.29. The second kappa shape index (κ2) is 9.47. The van der Waals surface area contributed by atoms with Crippen molar-refractivity contribution in [2.24, 2.45) is 0 Å². The first-order valence-electron chi connectivity index (χ1n) is 11.5. The van der Waals surface area contributed by atoms with Crippen molar-refractivity contribution < 1.29 is 24.2 Å². The number of aliphatic hydroxyl groups is 1. The number of hydrogen-bond acceptors (Lipinski definition) is 7. The van der Waals surface area contributed by atoms with E-state index in [2.05, 4.69) is 4.98 Å². The largest absolute Gasteiger partial charge is 0.507 e. The first-order chi connectivity index (χ1) is 17.4. The molecular formula is C28H24N2O5S. The Labute approximate surface area is 212 Å². The topological polar surface area (TPSA) is 89.0 Å². The molecule has 0 spiro atoms. The summed E-state index contributed by atoms with van der Waals surface area (Å²) in [5, 5.41) is 11.6. The molecule has 0 radical (unpaired) electrons. The van der Waals surface area contributed by atoms with Crippen LogP contribution in [0.3, 0.4) is 0 Å². The minimum atomic E-state index is -0.881. The average Bonchev–Trinajstić information content (AvgIpc) is 3.42. The first-order valence-corrected chi connectivity index (χ1v) is 12.3. The third-order valence-corrected chi connectivity index (χ3v) is 7.06. The monoisotopic (exact) mass is 500 g/mol. The SMILES string of the molecule is CCOc1ccc2nc(N3C(=O)C(=O)C(=C(O)c4ccc(C)cc4)C3c3cccc(OC)c3)sc2c1. The molecule has 1 unspecified atom stereocenters. The highest BCUT2D eigenvalue weighted by atomic mass is 32.1. The van der Waals surface area contributed by atoms with Crippen LogP contribution >= 0.6 is 11.3 Å². The van der Waals surface area contributed by atoms with Crippen LogP contribution in [0.4, 0.5) is 5.13 Å². The molecule has 1 N–H and O–H groups in total. The molecule has 182 valence electrons. The van der Waals surface area contributed by atoms with E-state index in [-0.39, 0.29) is 11.3 Å². The number of nitrogens with zero attached hydrogens (tertiary/aromatic N) is 2. The predicted octanol–water partition coefficient (Wildman–Crippen LogP) is 5.64. The van der Waals surface area contributed by atoms with Gasteiger partial charge in [-0.1, -0.05) is 53.3 Å². The van der Waals surface area contributed by atoms with Gasteiger partial charge in [0.1, 0.15) is 17.3 Å². The smallest absolute Gasteiger partial charge is 0.301 e. The number of Topliss-reactive ketones (excluding diaryl/α,β-unsaturated/α-hetero) is 1. The number of methoxy groups -OCH3 is 1. The lowest BCUT2D eigenvalue weighted by molar-refractivity contribution is -0.132. The Morgan fingerprint density at radius 2 is 1.83 bits per heavy atom. The standard InChI is InChI=1S/C28H24N2O5S/c1-4-35-20-12-13-21-22(15-20)36-28(29-21)30-24(18-6-5-7-19(14-18)34-3)23(26(32)27(30)33)25(31)17-10-8-16(2)9-11-17/h5-15,24,31H,4H2,1-3H3. The van der Waals surface area contributed by atoms with Gasteiger partial charge in [-0.15, -0.1) is 0 Å². The maximum absolute atomic E-state index is 13.4. The van der Waals surface area contributed by atoms with Gasteiger partial charge in [-0.2, -0.15) is 0 Å². The van der Waals surface area contributed by atoms with Gasteiger partial charge in [-0.3, -0.25) is 14.5 Å². The Kier molecular flexibility index (Phi) is 6.20. The molecule has 1 aromatic heterocycles. The number of anilines is 1. The number of carbonyl (C=O) groups is 2. The number of aliphatic hydroxyl groups excluding tert-OH is 1. The van der Waals surface area contributed by atoms with Crippen molar-refractivity contribution in [2.75, 3.05) is 18.6 Å². The van der Waals surface area contributed by atoms with E-state index in [9.17, 15) is 14.7 Å². The van der Waals surface area contributed by atoms with Crippen LogP contribution < -0.4 is 14.4 Å². The average molecular weight is 501 g/mol. The van der Waals surface area contributed by atoms with Crippen LogP contribution in [0, 0.1) is 6.92 Å². The number of amides is 1. The Morgan fingerprint density at radius 3 is 2.56 bits per heavy atom. The molecule has 36 heavy (non-hydrogen) atoms. The second-order valence-electron chi connectivity index (χ2n) is 8.37. The fraction of sp³-hybridized carbons (Fsp3) is 0.179. The first kappa shape index (κ1) is 23.6. The van der Waals surface area contributed by atoms with Gasteiger partial charge in [-0.25, -0.2) is 4.98 Å². The lowest BCUT2D eigenvalue weighted by Crippen LogP contribution is -2.29. The van der Waals surface area contributed by atoms with Crippen LogP contribution in [-0.2, 0) is 9.59 Å². The van der Waals surface area contributed by atoms with Crippen molar-refractivity contribution in [1.29, 1.82) is 0 Å². The van der Waals surface area contributed by atoms with Gasteiger partial charge in [-0.05, 0) is 49.7 Å². The zero-order chi connectivity index (χ0) is 25.4. The van der Waals surface area contributed by atoms with E-state index in [1.807, 2.05) is 44.2 Å². The number of benzene rings is 3. The number of ether oxygens (including phenoxy) is 2. The minimum Gasteiger partial charge on any atom is -0.507 e. The molecule has 2 heterocycles. The Balaban J connectivity index is 1.70. The zero-order valence-corrected chi connectivity index (χ0v) is 20.8. The van der Waals surface area contributed by atoms with E-state index in [4.69, 9.17) is 9.47 Å². The summed E-state index contributed by atoms with van der Waals surface area (Å²) in [4.78, 5) is 32.8. The molecule has 3 aromatic carbocycles. The maximum atomic E-state index is 13.4. The van der Waals surface area contributed by atoms with Gasteiger partial charge in [0.15, 0.2) is 5.13 Å². The molecule has 1 aliphatic rings. The van der Waals surface area contributed by atoms with E-state index in [0.717, 1.165) is 10.3 Å². The van der Waals surface area contributed by atoms with Crippen molar-refractivity contribution in [3.8, 4) is 11.5 Å². The predicted molar refractivity (Wildman–Crippen MR) is 140 cm³/mol. The van der Waals surface area contributed by atoms with Crippen molar-refractivity contribution in [3.63, 3.8) is 0 Å². The maximum Gasteiger partial charge on any atom is 0.301 e. The highest BCUT2D eigenvalue weighted by molar-refractivity contribution is 7.22. The number of thiazole rings is 1. The molecule has 1 aliphatic heterocycles. The fourth-order valence-corrected chi connectivity index (χ4v) is 5.30. The fourth-order valence-electron chi connectivity index (χ4n) is 4.28. The van der Waals surface area contributed by atoms with Crippen LogP contribution in [-0.4, -0.2) is 35.5 Å². The van der Waals surface area contributed by atoms with E-state index in [1.165, 1.54) is 16.2 Å². The molecule has 0 saturated carbocycles. The van der Waals surface area contributed by atoms with Crippen molar-refractivity contribution in [3.05, 3.63) is 89.0 Å². The van der Waals surface area contributed by atoms with Gasteiger partial charge >= 0.3 is 5.91 Å². The molecule has 7 nitrogen and oxygen atoms in total. The number of rotatable bonds is 6. The minimum absolute atomic E-state index is 0.00590. The molecule has 5 rings (SSSR count).